The second-order valence-electron chi connectivity index (χ2n) is 8.09. The molecule has 0 saturated carbocycles. The van der Waals surface area contributed by atoms with Gasteiger partial charge in [0.25, 0.3) is 5.56 Å². The first-order chi connectivity index (χ1) is 18.6. The summed E-state index contributed by atoms with van der Waals surface area (Å²) in [7, 11) is 1.45. The van der Waals surface area contributed by atoms with E-state index in [1.165, 1.54) is 50.5 Å². The van der Waals surface area contributed by atoms with Gasteiger partial charge in [-0.05, 0) is 36.8 Å². The van der Waals surface area contributed by atoms with Crippen LogP contribution in [0, 0.1) is 0 Å². The molecule has 1 atom stereocenters. The minimum atomic E-state index is -5.00. The number of hydrogen-bond donors (Lipinski definition) is 0. The topological polar surface area (TPSA) is 79.1 Å². The van der Waals surface area contributed by atoms with Gasteiger partial charge in [-0.1, -0.05) is 59.9 Å². The number of allylic oxidation sites excluding steroid dienone is 1. The number of benzene rings is 2. The number of esters is 1. The van der Waals surface area contributed by atoms with Gasteiger partial charge in [-0.2, -0.15) is 13.2 Å². The fourth-order valence-electron chi connectivity index (χ4n) is 4.05. The van der Waals surface area contributed by atoms with E-state index in [1.54, 1.807) is 18.2 Å². The molecule has 2 heterocycles. The Morgan fingerprint density at radius 2 is 1.95 bits per heavy atom. The van der Waals surface area contributed by atoms with Gasteiger partial charge in [-0.15, -0.1) is 0 Å². The summed E-state index contributed by atoms with van der Waals surface area (Å²) < 4.78 is 59.9. The van der Waals surface area contributed by atoms with Crippen molar-refractivity contribution in [2.75, 3.05) is 20.3 Å². The van der Waals surface area contributed by atoms with E-state index in [2.05, 4.69) is 11.6 Å². The molecule has 0 aliphatic carbocycles. The minimum absolute atomic E-state index is 0.0658. The fraction of sp³-hybridized carbons (Fsp3) is 0.222. The highest BCUT2D eigenvalue weighted by molar-refractivity contribution is 7.07. The molecular weight excluding hydrogens is 557 g/mol. The fourth-order valence-corrected chi connectivity index (χ4v) is 5.16. The maximum Gasteiger partial charge on any atom is 0.434 e. The molecular formula is C27H22ClF3N2O5S. The number of alkyl halides is 3. The van der Waals surface area contributed by atoms with E-state index in [0.29, 0.717) is 22.1 Å². The minimum Gasteiger partial charge on any atom is -0.493 e. The number of thiazole rings is 1. The molecule has 1 aromatic heterocycles. The third-order valence-corrected chi connectivity index (χ3v) is 6.88. The molecule has 0 fully saturated rings. The van der Waals surface area contributed by atoms with Gasteiger partial charge >= 0.3 is 12.1 Å². The Kier molecular flexibility index (Phi) is 8.31. The number of fused-ring (bicyclic) bond motifs is 1. The number of carbonyl (C=O) groups excluding carboxylic acids is 1. The number of aromatic nitrogens is 1. The van der Waals surface area contributed by atoms with E-state index >= 15 is 0 Å². The molecule has 39 heavy (non-hydrogen) atoms. The summed E-state index contributed by atoms with van der Waals surface area (Å²) in [5, 5.41) is 0.328. The first-order valence-electron chi connectivity index (χ1n) is 11.6. The maximum absolute atomic E-state index is 14.2. The van der Waals surface area contributed by atoms with E-state index in [0.717, 1.165) is 15.9 Å². The molecule has 0 amide bonds. The average molecular weight is 579 g/mol. The summed E-state index contributed by atoms with van der Waals surface area (Å²) in [6, 6.07) is 9.38. The standard InChI is InChI=1S/C27H22ClF3N2O5S/c1-4-13-38-22-16(7-6-8-18(22)36-3)14-19-24(34)33-21(15-9-11-17(28)12-10-15)20(25(35)37-5-2)23(27(29,30)31)32-26(33)39-19/h4,6-12,14,21H,1,5,13H2,2-3H3/b19-14-/t21-/m1/s1. The first-order valence-corrected chi connectivity index (χ1v) is 12.8. The van der Waals surface area contributed by atoms with Gasteiger partial charge in [0.15, 0.2) is 22.0 Å². The lowest BCUT2D eigenvalue weighted by molar-refractivity contribution is -0.140. The van der Waals surface area contributed by atoms with Crippen LogP contribution in [-0.4, -0.2) is 37.0 Å². The number of methoxy groups -OCH3 is 1. The van der Waals surface area contributed by atoms with Crippen molar-refractivity contribution < 1.29 is 32.2 Å². The molecule has 12 heteroatoms. The summed E-state index contributed by atoms with van der Waals surface area (Å²) in [5.74, 6) is -0.514. The van der Waals surface area contributed by atoms with E-state index in [1.807, 2.05) is 0 Å². The highest BCUT2D eigenvalue weighted by atomic mass is 35.5. The van der Waals surface area contributed by atoms with Crippen molar-refractivity contribution in [1.29, 1.82) is 0 Å². The lowest BCUT2D eigenvalue weighted by atomic mass is 9.95. The molecule has 1 aliphatic rings. The first kappa shape index (κ1) is 28.2. The van der Waals surface area contributed by atoms with E-state index < -0.39 is 35.0 Å². The molecule has 0 bridgehead atoms. The van der Waals surface area contributed by atoms with Crippen LogP contribution in [0.4, 0.5) is 13.2 Å². The van der Waals surface area contributed by atoms with Crippen molar-refractivity contribution in [3.63, 3.8) is 0 Å². The molecule has 4 rings (SSSR count). The van der Waals surface area contributed by atoms with Crippen LogP contribution < -0.4 is 24.4 Å². The Morgan fingerprint density at radius 3 is 2.56 bits per heavy atom. The summed E-state index contributed by atoms with van der Waals surface area (Å²) in [5.41, 5.74) is -2.19. The molecule has 3 aromatic rings. The van der Waals surface area contributed by atoms with Crippen LogP contribution in [0.25, 0.3) is 6.08 Å². The van der Waals surface area contributed by atoms with E-state index in [4.69, 9.17) is 25.8 Å². The van der Waals surface area contributed by atoms with Gasteiger partial charge in [0.1, 0.15) is 6.61 Å². The Hall–Kier alpha value is -3.83. The highest BCUT2D eigenvalue weighted by Crippen LogP contribution is 2.38. The number of carbonyl (C=O) groups is 1. The molecule has 0 spiro atoms. The predicted molar refractivity (Wildman–Crippen MR) is 141 cm³/mol. The molecule has 0 saturated heterocycles. The van der Waals surface area contributed by atoms with Crippen molar-refractivity contribution in [2.24, 2.45) is 4.99 Å². The van der Waals surface area contributed by atoms with Crippen LogP contribution in [0.1, 0.15) is 24.1 Å². The van der Waals surface area contributed by atoms with Crippen molar-refractivity contribution in [3.05, 3.63) is 102 Å². The van der Waals surface area contributed by atoms with Gasteiger partial charge < -0.3 is 14.2 Å². The lowest BCUT2D eigenvalue weighted by Crippen LogP contribution is -2.41. The third kappa shape index (κ3) is 5.64. The Labute approximate surface area is 229 Å². The second-order valence-corrected chi connectivity index (χ2v) is 9.54. The van der Waals surface area contributed by atoms with Gasteiger partial charge in [-0.25, -0.2) is 9.79 Å². The van der Waals surface area contributed by atoms with Gasteiger partial charge in [0.05, 0.1) is 29.9 Å². The summed E-state index contributed by atoms with van der Waals surface area (Å²) in [6.45, 7) is 5.07. The summed E-state index contributed by atoms with van der Waals surface area (Å²) in [6.07, 6.45) is -1.99. The molecule has 204 valence electrons. The number of nitrogens with zero attached hydrogens (tertiary/aromatic N) is 2. The van der Waals surface area contributed by atoms with Crippen LogP contribution in [0.3, 0.4) is 0 Å². The van der Waals surface area contributed by atoms with Gasteiger partial charge in [0.2, 0.25) is 0 Å². The predicted octanol–water partition coefficient (Wildman–Crippen LogP) is 4.57. The zero-order chi connectivity index (χ0) is 28.3. The van der Waals surface area contributed by atoms with Crippen LogP contribution in [0.2, 0.25) is 5.02 Å². The quantitative estimate of drug-likeness (QED) is 0.289. The number of ether oxygens (including phenoxy) is 3. The molecule has 0 radical (unpaired) electrons. The number of halogens is 4. The lowest BCUT2D eigenvalue weighted by Gasteiger charge is -2.26. The van der Waals surface area contributed by atoms with Gasteiger partial charge in [-0.3, -0.25) is 9.36 Å². The smallest absolute Gasteiger partial charge is 0.434 e. The normalized spacial score (nSPS) is 15.4. The van der Waals surface area contributed by atoms with Crippen LogP contribution >= 0.6 is 22.9 Å². The maximum atomic E-state index is 14.2. The van der Waals surface area contributed by atoms with E-state index in [9.17, 15) is 22.8 Å². The van der Waals surface area contributed by atoms with Crippen molar-refractivity contribution in [1.82, 2.24) is 4.57 Å². The zero-order valence-corrected chi connectivity index (χ0v) is 22.3. The van der Waals surface area contributed by atoms with Crippen LogP contribution in [0.15, 0.2) is 76.2 Å². The largest absolute Gasteiger partial charge is 0.493 e. The number of para-hydroxylation sites is 1. The van der Waals surface area contributed by atoms with E-state index in [-0.39, 0.29) is 28.1 Å². The van der Waals surface area contributed by atoms with Crippen molar-refractivity contribution in [2.45, 2.75) is 19.1 Å². The Bertz CT molecular complexity index is 1620. The highest BCUT2D eigenvalue weighted by Gasteiger charge is 2.45. The number of rotatable bonds is 8. The zero-order valence-electron chi connectivity index (χ0n) is 20.8. The van der Waals surface area contributed by atoms with Crippen LogP contribution in [-0.2, 0) is 9.53 Å². The van der Waals surface area contributed by atoms with Gasteiger partial charge in [0, 0.05) is 10.6 Å². The average Bonchev–Trinajstić information content (AvgIpc) is 3.21. The van der Waals surface area contributed by atoms with Crippen molar-refractivity contribution in [3.8, 4) is 11.5 Å². The summed E-state index contributed by atoms with van der Waals surface area (Å²) >= 11 is 6.75. The summed E-state index contributed by atoms with van der Waals surface area (Å²) in [4.78, 5) is 30.2. The molecule has 0 N–H and O–H groups in total. The van der Waals surface area contributed by atoms with Crippen LogP contribution in [0.5, 0.6) is 11.5 Å². The molecule has 0 unspecified atom stereocenters. The third-order valence-electron chi connectivity index (χ3n) is 5.64. The molecule has 2 aromatic carbocycles. The van der Waals surface area contributed by atoms with Crippen molar-refractivity contribution >= 4 is 35.0 Å². The second kappa shape index (κ2) is 11.5. The molecule has 1 aliphatic heterocycles. The Morgan fingerprint density at radius 1 is 1.23 bits per heavy atom. The number of hydrogen-bond acceptors (Lipinski definition) is 7. The monoisotopic (exact) mass is 578 g/mol. The Balaban J connectivity index is 2.03. The SMILES string of the molecule is C=CCOc1c(/C=c2\sc3n(c2=O)[C@H](c2ccc(Cl)cc2)C(C(=O)OCC)=C(C(F)(F)F)N=3)cccc1OC. The molecule has 7 nitrogen and oxygen atoms in total.